The third-order valence-corrected chi connectivity index (χ3v) is 7.17. The number of ether oxygens (including phenoxy) is 2. The highest BCUT2D eigenvalue weighted by atomic mass is 79.9. The summed E-state index contributed by atoms with van der Waals surface area (Å²) in [7, 11) is 0. The van der Waals surface area contributed by atoms with E-state index in [-0.39, 0.29) is 24.0 Å². The first-order valence-corrected chi connectivity index (χ1v) is 15.0. The standard InChI is InChI=1S/C29H42BrClN4O4/c1-28(2,3)38-22(36)16-11-9-7-8-10-15-21-18-32-25(31)23-24(30)34-26(35(21)23)19-13-12-14-20(17-19)33-27(37)39-29(4,5)6/h10,15,18-20H,7-9,11-14,16-17H2,1-6H3,(H,33,37)/b15-10+/t19-,20-/m1/s1. The molecule has 0 spiro atoms. The number of fused-ring (bicyclic) bond motifs is 1. The first kappa shape index (κ1) is 31.4. The zero-order chi connectivity index (χ0) is 28.8. The zero-order valence-electron chi connectivity index (χ0n) is 24.0. The molecule has 10 heteroatoms. The maximum atomic E-state index is 12.4. The van der Waals surface area contributed by atoms with Crippen LogP contribution in [-0.4, -0.2) is 43.7 Å². The quantitative estimate of drug-likeness (QED) is 0.224. The number of carbonyl (C=O) groups is 2. The Morgan fingerprint density at radius 3 is 2.54 bits per heavy atom. The summed E-state index contributed by atoms with van der Waals surface area (Å²) in [4.78, 5) is 33.5. The molecule has 0 aliphatic heterocycles. The second-order valence-electron chi connectivity index (χ2n) is 12.2. The summed E-state index contributed by atoms with van der Waals surface area (Å²) in [6.07, 6.45) is 13.3. The maximum Gasteiger partial charge on any atom is 0.407 e. The van der Waals surface area contributed by atoms with Gasteiger partial charge in [-0.25, -0.2) is 14.8 Å². The first-order chi connectivity index (χ1) is 18.2. The summed E-state index contributed by atoms with van der Waals surface area (Å²) >= 11 is 10.1. The van der Waals surface area contributed by atoms with E-state index in [1.54, 1.807) is 6.20 Å². The molecule has 2 aromatic rings. The molecule has 0 radical (unpaired) electrons. The van der Waals surface area contributed by atoms with Crippen LogP contribution in [-0.2, 0) is 14.3 Å². The molecule has 0 saturated heterocycles. The minimum absolute atomic E-state index is 0.0155. The van der Waals surface area contributed by atoms with Crippen LogP contribution in [0.2, 0.25) is 5.15 Å². The molecule has 1 aliphatic rings. The highest BCUT2D eigenvalue weighted by molar-refractivity contribution is 9.10. The number of hydrogen-bond donors (Lipinski definition) is 1. The highest BCUT2D eigenvalue weighted by Crippen LogP contribution is 2.37. The summed E-state index contributed by atoms with van der Waals surface area (Å²) in [5.74, 6) is 0.918. The summed E-state index contributed by atoms with van der Waals surface area (Å²) in [6.45, 7) is 11.2. The largest absolute Gasteiger partial charge is 0.460 e. The first-order valence-electron chi connectivity index (χ1n) is 13.8. The Morgan fingerprint density at radius 1 is 1.13 bits per heavy atom. The number of halogens is 2. The van der Waals surface area contributed by atoms with Gasteiger partial charge in [0.25, 0.3) is 0 Å². The third kappa shape index (κ3) is 9.78. The second-order valence-corrected chi connectivity index (χ2v) is 13.3. The van der Waals surface area contributed by atoms with E-state index in [0.717, 1.165) is 68.4 Å². The van der Waals surface area contributed by atoms with E-state index in [1.165, 1.54) is 0 Å². The Balaban J connectivity index is 1.66. The molecule has 0 unspecified atom stereocenters. The van der Waals surface area contributed by atoms with E-state index in [2.05, 4.69) is 42.8 Å². The molecule has 0 bridgehead atoms. The van der Waals surface area contributed by atoms with Crippen molar-refractivity contribution in [3.63, 3.8) is 0 Å². The molecule has 39 heavy (non-hydrogen) atoms. The van der Waals surface area contributed by atoms with Gasteiger partial charge in [-0.1, -0.05) is 30.5 Å². The smallest absolute Gasteiger partial charge is 0.407 e. The number of alkyl carbamates (subject to hydrolysis) is 1. The zero-order valence-corrected chi connectivity index (χ0v) is 26.3. The van der Waals surface area contributed by atoms with Crippen molar-refractivity contribution in [3.05, 3.63) is 33.5 Å². The lowest BCUT2D eigenvalue weighted by molar-refractivity contribution is -0.154. The monoisotopic (exact) mass is 624 g/mol. The van der Waals surface area contributed by atoms with E-state index < -0.39 is 11.2 Å². The predicted octanol–water partition coefficient (Wildman–Crippen LogP) is 8.00. The average Bonchev–Trinajstić information content (AvgIpc) is 3.15. The van der Waals surface area contributed by atoms with Crippen LogP contribution in [0.1, 0.15) is 117 Å². The molecular formula is C29H42BrClN4O4. The van der Waals surface area contributed by atoms with Crippen LogP contribution < -0.4 is 5.32 Å². The minimum Gasteiger partial charge on any atom is -0.460 e. The van der Waals surface area contributed by atoms with Gasteiger partial charge in [0.2, 0.25) is 0 Å². The van der Waals surface area contributed by atoms with Gasteiger partial charge in [-0.2, -0.15) is 0 Å². The molecule has 2 heterocycles. The van der Waals surface area contributed by atoms with Crippen LogP contribution in [0, 0.1) is 0 Å². The lowest BCUT2D eigenvalue weighted by atomic mass is 9.85. The van der Waals surface area contributed by atoms with Gasteiger partial charge in [0.15, 0.2) is 5.15 Å². The molecule has 2 aromatic heterocycles. The molecule has 1 amide bonds. The van der Waals surface area contributed by atoms with Crippen molar-refractivity contribution in [2.75, 3.05) is 0 Å². The minimum atomic E-state index is -0.536. The van der Waals surface area contributed by atoms with E-state index in [4.69, 9.17) is 26.1 Å². The Labute approximate surface area is 245 Å². The van der Waals surface area contributed by atoms with Crippen molar-refractivity contribution < 1.29 is 19.1 Å². The summed E-state index contributed by atoms with van der Waals surface area (Å²) < 4.78 is 13.6. The van der Waals surface area contributed by atoms with Crippen molar-refractivity contribution in [1.29, 1.82) is 0 Å². The van der Waals surface area contributed by atoms with Crippen molar-refractivity contribution in [2.45, 2.75) is 122 Å². The van der Waals surface area contributed by atoms with Crippen molar-refractivity contribution in [1.82, 2.24) is 19.7 Å². The third-order valence-electron chi connectivity index (χ3n) is 6.35. The van der Waals surface area contributed by atoms with Crippen LogP contribution >= 0.6 is 27.5 Å². The lowest BCUT2D eigenvalue weighted by Crippen LogP contribution is -2.41. The second kappa shape index (κ2) is 13.5. The summed E-state index contributed by atoms with van der Waals surface area (Å²) in [5.41, 5.74) is 0.671. The Morgan fingerprint density at radius 2 is 1.85 bits per heavy atom. The topological polar surface area (TPSA) is 94.8 Å². The van der Waals surface area contributed by atoms with Crippen molar-refractivity contribution in [3.8, 4) is 0 Å². The average molecular weight is 626 g/mol. The number of nitrogens with zero attached hydrogens (tertiary/aromatic N) is 3. The molecule has 1 aliphatic carbocycles. The fraction of sp³-hybridized carbons (Fsp3) is 0.655. The Kier molecular flexibility index (Phi) is 10.9. The van der Waals surface area contributed by atoms with Gasteiger partial charge in [0.05, 0.1) is 11.9 Å². The van der Waals surface area contributed by atoms with Gasteiger partial charge < -0.3 is 14.8 Å². The Hall–Kier alpha value is -2.13. The number of hydrogen-bond acceptors (Lipinski definition) is 6. The summed E-state index contributed by atoms with van der Waals surface area (Å²) in [5, 5.41) is 3.43. The molecule has 216 valence electrons. The van der Waals surface area contributed by atoms with Gasteiger partial charge >= 0.3 is 12.1 Å². The number of unbranched alkanes of at least 4 members (excludes halogenated alkanes) is 3. The summed E-state index contributed by atoms with van der Waals surface area (Å²) in [6, 6.07) is 0.0155. The van der Waals surface area contributed by atoms with Crippen molar-refractivity contribution >= 4 is 51.2 Å². The predicted molar refractivity (Wildman–Crippen MR) is 158 cm³/mol. The van der Waals surface area contributed by atoms with E-state index >= 15 is 0 Å². The molecule has 8 nitrogen and oxygen atoms in total. The number of allylic oxidation sites excluding steroid dienone is 1. The molecule has 1 fully saturated rings. The van der Waals surface area contributed by atoms with E-state index in [0.29, 0.717) is 16.2 Å². The molecular weight excluding hydrogens is 584 g/mol. The van der Waals surface area contributed by atoms with Crippen LogP contribution in [0.25, 0.3) is 11.6 Å². The number of nitrogens with one attached hydrogen (secondary N) is 1. The lowest BCUT2D eigenvalue weighted by Gasteiger charge is -2.30. The van der Waals surface area contributed by atoms with E-state index in [1.807, 2.05) is 41.5 Å². The van der Waals surface area contributed by atoms with Crippen LogP contribution in [0.5, 0.6) is 0 Å². The van der Waals surface area contributed by atoms with Gasteiger partial charge in [0, 0.05) is 18.4 Å². The van der Waals surface area contributed by atoms with Crippen LogP contribution in [0.15, 0.2) is 16.9 Å². The normalized spacial score (nSPS) is 18.5. The number of esters is 1. The van der Waals surface area contributed by atoms with Gasteiger partial charge in [-0.3, -0.25) is 9.20 Å². The number of aromatic nitrogens is 3. The molecule has 3 rings (SSSR count). The number of imidazole rings is 1. The maximum absolute atomic E-state index is 12.4. The van der Waals surface area contributed by atoms with Crippen molar-refractivity contribution in [2.24, 2.45) is 0 Å². The van der Waals surface area contributed by atoms with Gasteiger partial charge in [-0.05, 0) is 102 Å². The fourth-order valence-electron chi connectivity index (χ4n) is 4.82. The van der Waals surface area contributed by atoms with Gasteiger partial charge in [-0.15, -0.1) is 0 Å². The molecule has 1 saturated carbocycles. The van der Waals surface area contributed by atoms with Crippen LogP contribution in [0.3, 0.4) is 0 Å². The SMILES string of the molecule is CC(C)(C)OC(=O)CCCCC/C=C/c1cnc(Cl)c2c(Br)nc([C@@H]3CCC[C@@H](NC(=O)OC(C)(C)C)C3)n12. The highest BCUT2D eigenvalue weighted by Gasteiger charge is 2.30. The number of carbonyl (C=O) groups excluding carboxylic acids is 2. The van der Waals surface area contributed by atoms with Gasteiger partial charge in [0.1, 0.15) is 27.1 Å². The van der Waals surface area contributed by atoms with Crippen LogP contribution in [0.4, 0.5) is 4.79 Å². The Bertz CT molecular complexity index is 1180. The fourth-order valence-corrected chi connectivity index (χ4v) is 5.70. The number of rotatable bonds is 9. The molecule has 2 atom stereocenters. The molecule has 0 aromatic carbocycles. The molecule has 1 N–H and O–H groups in total. The van der Waals surface area contributed by atoms with E-state index in [9.17, 15) is 9.59 Å². The number of amides is 1.